The average Bonchev–Trinajstić information content (AvgIpc) is 3.20. The van der Waals surface area contributed by atoms with Crippen molar-refractivity contribution in [2.24, 2.45) is 0 Å². The van der Waals surface area contributed by atoms with Gasteiger partial charge in [-0.05, 0) is 33.6 Å². The molecule has 1 atom stereocenters. The Balaban J connectivity index is 1.70. The molecule has 1 amide bonds. The lowest BCUT2D eigenvalue weighted by atomic mass is 10.1. The van der Waals surface area contributed by atoms with Gasteiger partial charge in [-0.1, -0.05) is 12.8 Å². The van der Waals surface area contributed by atoms with Gasteiger partial charge in [0.25, 0.3) is 5.56 Å². The maximum atomic E-state index is 12.4. The van der Waals surface area contributed by atoms with Crippen LogP contribution in [0.15, 0.2) is 11.1 Å². The molecule has 1 aliphatic carbocycles. The molecule has 0 aliphatic heterocycles. The molecule has 0 radical (unpaired) electrons. The van der Waals surface area contributed by atoms with Gasteiger partial charge in [0.15, 0.2) is 5.82 Å². The molecule has 3 rings (SSSR count). The number of carbonyl (C=O) groups excluding carboxylic acids is 1. The van der Waals surface area contributed by atoms with E-state index >= 15 is 0 Å². The molecule has 0 aromatic carbocycles. The van der Waals surface area contributed by atoms with Crippen LogP contribution in [0.2, 0.25) is 0 Å². The number of aromatic nitrogens is 5. The first kappa shape index (κ1) is 17.3. The minimum Gasteiger partial charge on any atom is -0.346 e. The average molecular weight is 344 g/mol. The minimum atomic E-state index is -0.270. The third-order valence-corrected chi connectivity index (χ3v) is 4.76. The maximum absolute atomic E-state index is 12.4. The first-order chi connectivity index (χ1) is 12.0. The third kappa shape index (κ3) is 3.78. The van der Waals surface area contributed by atoms with Crippen LogP contribution in [0.3, 0.4) is 0 Å². The van der Waals surface area contributed by atoms with Gasteiger partial charge in [-0.3, -0.25) is 9.59 Å². The van der Waals surface area contributed by atoms with Crippen molar-refractivity contribution in [3.8, 4) is 0 Å². The van der Waals surface area contributed by atoms with Crippen LogP contribution in [-0.2, 0) is 11.2 Å². The number of nitrogens with one attached hydrogen (secondary N) is 2. The topological polar surface area (TPSA) is 106 Å². The zero-order valence-corrected chi connectivity index (χ0v) is 14.9. The summed E-state index contributed by atoms with van der Waals surface area (Å²) in [6, 6.07) is 0.143. The Hall–Kier alpha value is -2.51. The highest BCUT2D eigenvalue weighted by molar-refractivity contribution is 5.79. The quantitative estimate of drug-likeness (QED) is 0.855. The van der Waals surface area contributed by atoms with Gasteiger partial charge in [-0.2, -0.15) is 0 Å². The Bertz CT molecular complexity index is 819. The van der Waals surface area contributed by atoms with Crippen LogP contribution >= 0.6 is 0 Å². The molecule has 0 spiro atoms. The molecular weight excluding hydrogens is 320 g/mol. The summed E-state index contributed by atoms with van der Waals surface area (Å²) in [5, 5.41) is 11.1. The molecule has 8 heteroatoms. The van der Waals surface area contributed by atoms with E-state index < -0.39 is 0 Å². The van der Waals surface area contributed by atoms with Crippen LogP contribution in [0.5, 0.6) is 0 Å². The molecule has 8 nitrogen and oxygen atoms in total. The lowest BCUT2D eigenvalue weighted by Gasteiger charge is -2.18. The summed E-state index contributed by atoms with van der Waals surface area (Å²) in [7, 11) is 0. The lowest BCUT2D eigenvalue weighted by molar-refractivity contribution is -0.121. The van der Waals surface area contributed by atoms with Crippen LogP contribution in [0.4, 0.5) is 0 Å². The van der Waals surface area contributed by atoms with Gasteiger partial charge in [-0.15, -0.1) is 10.2 Å². The van der Waals surface area contributed by atoms with Crippen molar-refractivity contribution in [2.75, 3.05) is 0 Å². The van der Waals surface area contributed by atoms with Crippen molar-refractivity contribution in [1.82, 2.24) is 30.0 Å². The van der Waals surface area contributed by atoms with E-state index in [2.05, 4.69) is 30.0 Å². The van der Waals surface area contributed by atoms with Crippen molar-refractivity contribution in [3.05, 3.63) is 39.6 Å². The predicted octanol–water partition coefficient (Wildman–Crippen LogP) is 1.51. The second-order valence-corrected chi connectivity index (χ2v) is 6.72. The van der Waals surface area contributed by atoms with Crippen molar-refractivity contribution in [1.29, 1.82) is 0 Å². The molecule has 25 heavy (non-hydrogen) atoms. The van der Waals surface area contributed by atoms with E-state index in [1.54, 1.807) is 20.2 Å². The highest BCUT2D eigenvalue weighted by Gasteiger charge is 2.23. The van der Waals surface area contributed by atoms with E-state index in [1.165, 1.54) is 12.8 Å². The summed E-state index contributed by atoms with van der Waals surface area (Å²) in [5.74, 6) is 1.07. The third-order valence-electron chi connectivity index (χ3n) is 4.76. The number of H-pyrrole nitrogens is 1. The number of aryl methyl sites for hydroxylation is 2. The summed E-state index contributed by atoms with van der Waals surface area (Å²) in [5.41, 5.74) is 0.715. The Labute approximate surface area is 146 Å². The maximum Gasteiger partial charge on any atom is 0.254 e. The fraction of sp³-hybridized carbons (Fsp3) is 0.588. The van der Waals surface area contributed by atoms with E-state index in [-0.39, 0.29) is 23.9 Å². The largest absolute Gasteiger partial charge is 0.346 e. The van der Waals surface area contributed by atoms with Crippen LogP contribution in [0.1, 0.15) is 67.6 Å². The van der Waals surface area contributed by atoms with E-state index in [0.29, 0.717) is 23.1 Å². The van der Waals surface area contributed by atoms with Crippen LogP contribution in [0.25, 0.3) is 0 Å². The zero-order chi connectivity index (χ0) is 18.0. The normalized spacial score (nSPS) is 16.1. The molecular formula is C17H24N6O2. The number of hydrogen-bond acceptors (Lipinski definition) is 5. The Morgan fingerprint density at radius 1 is 1.40 bits per heavy atom. The number of hydrogen-bond donors (Lipinski definition) is 2. The van der Waals surface area contributed by atoms with Crippen LogP contribution < -0.4 is 10.9 Å². The Morgan fingerprint density at radius 2 is 2.12 bits per heavy atom. The number of rotatable bonds is 5. The second-order valence-electron chi connectivity index (χ2n) is 6.72. The molecule has 0 bridgehead atoms. The summed E-state index contributed by atoms with van der Waals surface area (Å²) < 4.78 is 2.07. The van der Waals surface area contributed by atoms with E-state index in [1.807, 2.05) is 6.92 Å². The smallest absolute Gasteiger partial charge is 0.254 e. The molecule has 0 saturated heterocycles. The molecule has 134 valence electrons. The predicted molar refractivity (Wildman–Crippen MR) is 92.1 cm³/mol. The molecule has 2 heterocycles. The second kappa shape index (κ2) is 7.16. The van der Waals surface area contributed by atoms with Gasteiger partial charge < -0.3 is 14.9 Å². The fourth-order valence-corrected chi connectivity index (χ4v) is 3.50. The standard InChI is InChI=1S/C17H24N6O2/c1-10-14(17(25)21-12(3)19-10)8-15(24)20-11(2)16-22-18-9-23(16)13-6-4-5-7-13/h9,11,13H,4-8H2,1-3H3,(H,20,24)(H,19,21,25)/t11-/m1/s1. The molecule has 2 aromatic rings. The first-order valence-electron chi connectivity index (χ1n) is 8.71. The van der Waals surface area contributed by atoms with Gasteiger partial charge in [-0.25, -0.2) is 4.98 Å². The molecule has 1 saturated carbocycles. The minimum absolute atomic E-state index is 0.00362. The number of carbonyl (C=O) groups is 1. The number of nitrogens with zero attached hydrogens (tertiary/aromatic N) is 4. The Kier molecular flexibility index (Phi) is 4.96. The van der Waals surface area contributed by atoms with Crippen molar-refractivity contribution in [3.63, 3.8) is 0 Å². The van der Waals surface area contributed by atoms with Gasteiger partial charge in [0, 0.05) is 17.3 Å². The highest BCUT2D eigenvalue weighted by atomic mass is 16.2. The molecule has 0 unspecified atom stereocenters. The van der Waals surface area contributed by atoms with E-state index in [0.717, 1.165) is 18.7 Å². The van der Waals surface area contributed by atoms with Crippen LogP contribution in [0, 0.1) is 13.8 Å². The van der Waals surface area contributed by atoms with E-state index in [4.69, 9.17) is 0 Å². The van der Waals surface area contributed by atoms with Crippen LogP contribution in [-0.4, -0.2) is 30.6 Å². The summed E-state index contributed by atoms with van der Waals surface area (Å²) >= 11 is 0. The lowest BCUT2D eigenvalue weighted by Crippen LogP contribution is -2.32. The van der Waals surface area contributed by atoms with Gasteiger partial charge >= 0.3 is 0 Å². The highest BCUT2D eigenvalue weighted by Crippen LogP contribution is 2.31. The van der Waals surface area contributed by atoms with Crippen molar-refractivity contribution in [2.45, 2.75) is 65.0 Å². The molecule has 1 fully saturated rings. The fourth-order valence-electron chi connectivity index (χ4n) is 3.50. The number of amides is 1. The van der Waals surface area contributed by atoms with Crippen molar-refractivity contribution >= 4 is 5.91 Å². The summed E-state index contributed by atoms with van der Waals surface area (Å²) in [6.07, 6.45) is 6.41. The van der Waals surface area contributed by atoms with Gasteiger partial charge in [0.1, 0.15) is 12.2 Å². The molecule has 2 N–H and O–H groups in total. The van der Waals surface area contributed by atoms with Crippen molar-refractivity contribution < 1.29 is 4.79 Å². The van der Waals surface area contributed by atoms with Gasteiger partial charge in [0.05, 0.1) is 12.5 Å². The first-order valence-corrected chi connectivity index (χ1v) is 8.71. The summed E-state index contributed by atoms with van der Waals surface area (Å²) in [6.45, 7) is 5.35. The monoisotopic (exact) mass is 344 g/mol. The van der Waals surface area contributed by atoms with E-state index in [9.17, 15) is 9.59 Å². The summed E-state index contributed by atoms with van der Waals surface area (Å²) in [4.78, 5) is 31.3. The Morgan fingerprint density at radius 3 is 2.80 bits per heavy atom. The molecule has 1 aliphatic rings. The van der Waals surface area contributed by atoms with Gasteiger partial charge in [0.2, 0.25) is 5.91 Å². The number of aromatic amines is 1. The SMILES string of the molecule is Cc1nc(C)c(CC(=O)N[C@H](C)c2nncn2C2CCCC2)c(=O)[nH]1. The zero-order valence-electron chi connectivity index (χ0n) is 14.9. The molecule has 2 aromatic heterocycles.